The topological polar surface area (TPSA) is 66.6 Å². The first-order valence-corrected chi connectivity index (χ1v) is 7.88. The predicted molar refractivity (Wildman–Crippen MR) is 88.1 cm³/mol. The van der Waals surface area contributed by atoms with Gasteiger partial charge in [-0.1, -0.05) is 6.07 Å². The van der Waals surface area contributed by atoms with E-state index >= 15 is 0 Å². The number of pyridine rings is 1. The molecule has 2 atom stereocenters. The van der Waals surface area contributed by atoms with Crippen molar-refractivity contribution in [1.82, 2.24) is 9.38 Å². The molecule has 2 heterocycles. The maximum absolute atomic E-state index is 13.3. The van der Waals surface area contributed by atoms with Crippen LogP contribution < -0.4 is 5.32 Å². The third-order valence-electron chi connectivity index (χ3n) is 4.30. The second-order valence-corrected chi connectivity index (χ2v) is 6.12. The van der Waals surface area contributed by atoms with Crippen LogP contribution in [0.25, 0.3) is 16.8 Å². The number of aliphatic hydroxyl groups excluding tert-OH is 1. The third kappa shape index (κ3) is 2.98. The number of amides is 1. The second kappa shape index (κ2) is 5.93. The molecule has 7 heteroatoms. The van der Waals surface area contributed by atoms with Crippen molar-refractivity contribution >= 4 is 17.4 Å². The maximum atomic E-state index is 13.3. The molecular weight excluding hydrogens is 328 g/mol. The fraction of sp³-hybridized carbons (Fsp3) is 0.222. The number of aromatic nitrogens is 2. The molecule has 0 bridgehead atoms. The van der Waals surface area contributed by atoms with Crippen LogP contribution in [0.1, 0.15) is 12.0 Å². The summed E-state index contributed by atoms with van der Waals surface area (Å²) in [7, 11) is 0. The van der Waals surface area contributed by atoms with Crippen LogP contribution in [0.15, 0.2) is 42.7 Å². The number of carbonyl (C=O) groups excluding carboxylic acids is 1. The van der Waals surface area contributed by atoms with E-state index in [0.717, 1.165) is 5.56 Å². The fourth-order valence-corrected chi connectivity index (χ4v) is 2.84. The Labute approximate surface area is 141 Å². The fourth-order valence-electron chi connectivity index (χ4n) is 2.84. The summed E-state index contributed by atoms with van der Waals surface area (Å²) >= 11 is 0. The Bertz CT molecular complexity index is 970. The number of rotatable bonds is 4. The molecule has 2 unspecified atom stereocenters. The summed E-state index contributed by atoms with van der Waals surface area (Å²) in [6.45, 7) is -0.276. The van der Waals surface area contributed by atoms with Gasteiger partial charge in [0.05, 0.1) is 18.7 Å². The van der Waals surface area contributed by atoms with Crippen LogP contribution in [0, 0.1) is 11.7 Å². The van der Waals surface area contributed by atoms with Crippen molar-refractivity contribution in [3.05, 3.63) is 54.1 Å². The highest BCUT2D eigenvalue weighted by Crippen LogP contribution is 2.34. The molecule has 2 aromatic heterocycles. The largest absolute Gasteiger partial charge is 0.392 e. The minimum absolute atomic E-state index is 0.262. The first-order valence-electron chi connectivity index (χ1n) is 7.88. The summed E-state index contributed by atoms with van der Waals surface area (Å²) in [4.78, 5) is 16.1. The van der Waals surface area contributed by atoms with Crippen LogP contribution in [0.4, 0.5) is 14.6 Å². The molecule has 1 fully saturated rings. The van der Waals surface area contributed by atoms with Crippen LogP contribution in [0.3, 0.4) is 0 Å². The monoisotopic (exact) mass is 343 g/mol. The summed E-state index contributed by atoms with van der Waals surface area (Å²) in [6.07, 6.45) is 2.62. The lowest BCUT2D eigenvalue weighted by atomic mass is 10.0. The van der Waals surface area contributed by atoms with E-state index < -0.39 is 17.9 Å². The van der Waals surface area contributed by atoms with Gasteiger partial charge in [-0.25, -0.2) is 13.8 Å². The zero-order valence-electron chi connectivity index (χ0n) is 13.1. The first-order chi connectivity index (χ1) is 12.0. The molecule has 0 radical (unpaired) electrons. The lowest BCUT2D eigenvalue weighted by molar-refractivity contribution is -0.117. The Balaban J connectivity index is 1.65. The van der Waals surface area contributed by atoms with E-state index in [1.165, 1.54) is 12.1 Å². The van der Waals surface area contributed by atoms with Crippen LogP contribution >= 0.6 is 0 Å². The van der Waals surface area contributed by atoms with Gasteiger partial charge in [0, 0.05) is 6.20 Å². The molecule has 1 amide bonds. The van der Waals surface area contributed by atoms with E-state index in [9.17, 15) is 18.7 Å². The van der Waals surface area contributed by atoms with E-state index in [4.69, 9.17) is 0 Å². The van der Waals surface area contributed by atoms with Gasteiger partial charge < -0.3 is 14.8 Å². The molecular formula is C18H15F2N3O2. The average Bonchev–Trinajstić information content (AvgIpc) is 3.20. The molecule has 0 saturated heterocycles. The Hall–Kier alpha value is -2.80. The molecule has 5 nitrogen and oxygen atoms in total. The number of imidazole rings is 1. The van der Waals surface area contributed by atoms with E-state index in [-0.39, 0.29) is 18.9 Å². The van der Waals surface area contributed by atoms with Crippen molar-refractivity contribution in [2.24, 2.45) is 5.92 Å². The second-order valence-electron chi connectivity index (χ2n) is 6.12. The summed E-state index contributed by atoms with van der Waals surface area (Å²) < 4.78 is 28.0. The lowest BCUT2D eigenvalue weighted by Crippen LogP contribution is -2.15. The highest BCUT2D eigenvalue weighted by atomic mass is 19.1. The van der Waals surface area contributed by atoms with Crippen molar-refractivity contribution in [2.75, 3.05) is 5.32 Å². The quantitative estimate of drug-likeness (QED) is 0.765. The molecule has 0 spiro atoms. The SMILES string of the molecule is O=C(Nc1cn2cc(-c3ccc(F)cc3CO)ccc2n1)C1CC1F. The summed E-state index contributed by atoms with van der Waals surface area (Å²) in [5.74, 6) is -1.00. The first kappa shape index (κ1) is 15.7. The van der Waals surface area contributed by atoms with E-state index in [2.05, 4.69) is 10.3 Å². The van der Waals surface area contributed by atoms with Crippen molar-refractivity contribution in [2.45, 2.75) is 19.2 Å². The zero-order chi connectivity index (χ0) is 17.6. The molecule has 1 aliphatic rings. The average molecular weight is 343 g/mol. The van der Waals surface area contributed by atoms with Crippen molar-refractivity contribution < 1.29 is 18.7 Å². The van der Waals surface area contributed by atoms with Gasteiger partial charge in [-0.05, 0) is 47.4 Å². The number of anilines is 1. The van der Waals surface area contributed by atoms with Gasteiger partial charge >= 0.3 is 0 Å². The number of aliphatic hydroxyl groups is 1. The molecule has 1 aromatic carbocycles. The summed E-state index contributed by atoms with van der Waals surface area (Å²) in [5, 5.41) is 12.0. The number of halogens is 2. The Morgan fingerprint density at radius 2 is 2.12 bits per heavy atom. The molecule has 1 aliphatic carbocycles. The number of hydrogen-bond acceptors (Lipinski definition) is 3. The minimum atomic E-state index is -1.06. The van der Waals surface area contributed by atoms with Gasteiger partial charge in [-0.15, -0.1) is 0 Å². The van der Waals surface area contributed by atoms with Crippen LogP contribution in [-0.2, 0) is 11.4 Å². The number of nitrogens with one attached hydrogen (secondary N) is 1. The molecule has 1 saturated carbocycles. The zero-order valence-corrected chi connectivity index (χ0v) is 13.1. The van der Waals surface area contributed by atoms with E-state index in [1.807, 2.05) is 0 Å². The Morgan fingerprint density at radius 1 is 1.32 bits per heavy atom. The van der Waals surface area contributed by atoms with Gasteiger partial charge in [-0.2, -0.15) is 0 Å². The Kier molecular flexibility index (Phi) is 3.73. The number of fused-ring (bicyclic) bond motifs is 1. The number of carbonyl (C=O) groups is 1. The maximum Gasteiger partial charge on any atom is 0.231 e. The van der Waals surface area contributed by atoms with E-state index in [0.29, 0.717) is 22.6 Å². The lowest BCUT2D eigenvalue weighted by Gasteiger charge is -2.08. The molecule has 25 heavy (non-hydrogen) atoms. The molecule has 2 N–H and O–H groups in total. The van der Waals surface area contributed by atoms with Crippen LogP contribution in [0.5, 0.6) is 0 Å². The minimum Gasteiger partial charge on any atom is -0.392 e. The van der Waals surface area contributed by atoms with Crippen LogP contribution in [-0.4, -0.2) is 26.6 Å². The van der Waals surface area contributed by atoms with Gasteiger partial charge in [0.2, 0.25) is 5.91 Å². The van der Waals surface area contributed by atoms with Gasteiger partial charge in [-0.3, -0.25) is 4.79 Å². The molecule has 128 valence electrons. The molecule has 0 aliphatic heterocycles. The summed E-state index contributed by atoms with van der Waals surface area (Å²) in [5.41, 5.74) is 2.58. The van der Waals surface area contributed by atoms with Crippen molar-refractivity contribution in [3.8, 4) is 11.1 Å². The number of benzene rings is 1. The normalized spacial score (nSPS) is 19.2. The predicted octanol–water partition coefficient (Wildman–Crippen LogP) is 2.93. The van der Waals surface area contributed by atoms with Crippen molar-refractivity contribution in [3.63, 3.8) is 0 Å². The van der Waals surface area contributed by atoms with Crippen LogP contribution in [0.2, 0.25) is 0 Å². The van der Waals surface area contributed by atoms with Gasteiger partial charge in [0.1, 0.15) is 17.6 Å². The highest BCUT2D eigenvalue weighted by molar-refractivity contribution is 5.94. The standard InChI is InChI=1S/C18H15F2N3O2/c19-12-2-3-13(11(5-12)9-24)10-1-4-17-21-16(8-23(17)7-10)22-18(25)14-6-15(14)20/h1-5,7-8,14-15,24H,6,9H2,(H,22,25). The number of nitrogens with zero attached hydrogens (tertiary/aromatic N) is 2. The molecule has 4 rings (SSSR count). The molecule has 3 aromatic rings. The third-order valence-corrected chi connectivity index (χ3v) is 4.30. The summed E-state index contributed by atoms with van der Waals surface area (Å²) in [6, 6.07) is 7.79. The Morgan fingerprint density at radius 3 is 2.84 bits per heavy atom. The smallest absolute Gasteiger partial charge is 0.231 e. The van der Waals surface area contributed by atoms with E-state index in [1.54, 1.807) is 35.0 Å². The number of alkyl halides is 1. The van der Waals surface area contributed by atoms with Crippen molar-refractivity contribution in [1.29, 1.82) is 0 Å². The highest BCUT2D eigenvalue weighted by Gasteiger charge is 2.43. The number of hydrogen-bond donors (Lipinski definition) is 2. The van der Waals surface area contributed by atoms with Gasteiger partial charge in [0.25, 0.3) is 0 Å². The van der Waals surface area contributed by atoms with Gasteiger partial charge in [0.15, 0.2) is 5.82 Å².